The van der Waals surface area contributed by atoms with Crippen LogP contribution in [0.1, 0.15) is 32.4 Å². The Morgan fingerprint density at radius 2 is 1.68 bits per heavy atom. The van der Waals surface area contributed by atoms with Gasteiger partial charge in [0.25, 0.3) is 5.91 Å². The molecule has 2 aromatic carbocycles. The van der Waals surface area contributed by atoms with E-state index >= 15 is 0 Å². The molecule has 28 heavy (non-hydrogen) atoms. The molecule has 0 aromatic heterocycles. The Balaban J connectivity index is 1.91. The van der Waals surface area contributed by atoms with Crippen molar-refractivity contribution in [2.24, 2.45) is 0 Å². The molecule has 7 heteroatoms. The second kappa shape index (κ2) is 9.73. The van der Waals surface area contributed by atoms with Crippen LogP contribution in [0.2, 0.25) is 0 Å². The van der Waals surface area contributed by atoms with E-state index in [0.29, 0.717) is 5.75 Å². The van der Waals surface area contributed by atoms with E-state index < -0.39 is 17.7 Å². The highest BCUT2D eigenvalue weighted by Gasteiger charge is 2.21. The molecule has 2 rings (SSSR count). The first-order valence-electron chi connectivity index (χ1n) is 8.92. The summed E-state index contributed by atoms with van der Waals surface area (Å²) in [6.07, 6.45) is -0.571. The zero-order valence-corrected chi connectivity index (χ0v) is 16.2. The van der Waals surface area contributed by atoms with Crippen molar-refractivity contribution in [3.63, 3.8) is 0 Å². The third-order valence-corrected chi connectivity index (χ3v) is 3.58. The fourth-order valence-electron chi connectivity index (χ4n) is 2.33. The van der Waals surface area contributed by atoms with Gasteiger partial charge in [-0.2, -0.15) is 0 Å². The SMILES string of the molecule is CC(C)(C)OC(=O)N[C@@H](CNC(=O)COc1ccc(F)cc1)c1ccccc1. The van der Waals surface area contributed by atoms with Crippen LogP contribution in [0.5, 0.6) is 5.75 Å². The van der Waals surface area contributed by atoms with Gasteiger partial charge in [0.1, 0.15) is 17.2 Å². The van der Waals surface area contributed by atoms with Crippen LogP contribution < -0.4 is 15.4 Å². The Morgan fingerprint density at radius 1 is 1.04 bits per heavy atom. The first kappa shape index (κ1) is 21.2. The van der Waals surface area contributed by atoms with Gasteiger partial charge in [-0.3, -0.25) is 4.79 Å². The van der Waals surface area contributed by atoms with Gasteiger partial charge in [0.05, 0.1) is 6.04 Å². The van der Waals surface area contributed by atoms with E-state index in [1.807, 2.05) is 30.3 Å². The standard InChI is InChI=1S/C21H25FN2O4/c1-21(2,3)28-20(26)24-18(15-7-5-4-6-8-15)13-23-19(25)14-27-17-11-9-16(22)10-12-17/h4-12,18H,13-14H2,1-3H3,(H,23,25)(H,24,26)/t18-/m0/s1. The molecule has 1 atom stereocenters. The van der Waals surface area contributed by atoms with E-state index in [1.165, 1.54) is 24.3 Å². The van der Waals surface area contributed by atoms with Crippen LogP contribution in [0, 0.1) is 5.82 Å². The lowest BCUT2D eigenvalue weighted by Gasteiger charge is -2.24. The highest BCUT2D eigenvalue weighted by atomic mass is 19.1. The molecule has 150 valence electrons. The van der Waals surface area contributed by atoms with Gasteiger partial charge in [-0.05, 0) is 50.6 Å². The molecule has 2 N–H and O–H groups in total. The Kier molecular flexibility index (Phi) is 7.37. The number of hydrogen-bond donors (Lipinski definition) is 2. The maximum absolute atomic E-state index is 12.9. The van der Waals surface area contributed by atoms with Crippen LogP contribution in [0.3, 0.4) is 0 Å². The second-order valence-electron chi connectivity index (χ2n) is 7.16. The molecule has 0 unspecified atom stereocenters. The molecule has 0 aliphatic carbocycles. The number of amides is 2. The Bertz CT molecular complexity index is 773. The summed E-state index contributed by atoms with van der Waals surface area (Å²) in [6, 6.07) is 14.2. The van der Waals surface area contributed by atoms with Crippen LogP contribution in [0.25, 0.3) is 0 Å². The van der Waals surface area contributed by atoms with E-state index in [9.17, 15) is 14.0 Å². The van der Waals surface area contributed by atoms with Gasteiger partial charge in [-0.25, -0.2) is 9.18 Å². The van der Waals surface area contributed by atoms with Crippen LogP contribution in [-0.4, -0.2) is 30.8 Å². The number of rotatable bonds is 7. The minimum Gasteiger partial charge on any atom is -0.484 e. The molecule has 0 aliphatic heterocycles. The van der Waals surface area contributed by atoms with Gasteiger partial charge in [0.15, 0.2) is 6.61 Å². The fraction of sp³-hybridized carbons (Fsp3) is 0.333. The van der Waals surface area contributed by atoms with Crippen molar-refractivity contribution in [2.45, 2.75) is 32.4 Å². The largest absolute Gasteiger partial charge is 0.484 e. The number of alkyl carbamates (subject to hydrolysis) is 1. The highest BCUT2D eigenvalue weighted by molar-refractivity contribution is 5.77. The molecule has 0 radical (unpaired) electrons. The van der Waals surface area contributed by atoms with Gasteiger partial charge in [0, 0.05) is 6.54 Å². The van der Waals surface area contributed by atoms with Crippen LogP contribution >= 0.6 is 0 Å². The second-order valence-corrected chi connectivity index (χ2v) is 7.16. The zero-order chi connectivity index (χ0) is 20.6. The number of carbonyl (C=O) groups is 2. The Labute approximate surface area is 164 Å². The molecule has 6 nitrogen and oxygen atoms in total. The summed E-state index contributed by atoms with van der Waals surface area (Å²) in [6.45, 7) is 5.27. The van der Waals surface area contributed by atoms with Gasteiger partial charge in [-0.15, -0.1) is 0 Å². The molecule has 0 aliphatic rings. The molecular formula is C21H25FN2O4. The van der Waals surface area contributed by atoms with Crippen LogP contribution in [0.4, 0.5) is 9.18 Å². The number of carbonyl (C=O) groups excluding carboxylic acids is 2. The number of ether oxygens (including phenoxy) is 2. The van der Waals surface area contributed by atoms with Crippen molar-refractivity contribution < 1.29 is 23.5 Å². The molecule has 2 aromatic rings. The van der Waals surface area contributed by atoms with Crippen molar-refractivity contribution >= 4 is 12.0 Å². The predicted octanol–water partition coefficient (Wildman–Crippen LogP) is 3.59. The summed E-state index contributed by atoms with van der Waals surface area (Å²) in [7, 11) is 0. The van der Waals surface area contributed by atoms with Gasteiger partial charge < -0.3 is 20.1 Å². The predicted molar refractivity (Wildman–Crippen MR) is 103 cm³/mol. The summed E-state index contributed by atoms with van der Waals surface area (Å²) in [5.41, 5.74) is 0.200. The van der Waals surface area contributed by atoms with E-state index in [0.717, 1.165) is 5.56 Å². The lowest BCUT2D eigenvalue weighted by Crippen LogP contribution is -2.41. The summed E-state index contributed by atoms with van der Waals surface area (Å²) in [5.74, 6) is -0.352. The monoisotopic (exact) mass is 388 g/mol. The maximum Gasteiger partial charge on any atom is 0.408 e. The molecule has 0 fully saturated rings. The molecular weight excluding hydrogens is 363 g/mol. The summed E-state index contributed by atoms with van der Waals surface area (Å²) in [5, 5.41) is 5.49. The Hall–Kier alpha value is -3.09. The van der Waals surface area contributed by atoms with E-state index in [1.54, 1.807) is 20.8 Å². The third-order valence-electron chi connectivity index (χ3n) is 3.58. The van der Waals surface area contributed by atoms with Crippen LogP contribution in [-0.2, 0) is 9.53 Å². The first-order valence-corrected chi connectivity index (χ1v) is 8.92. The van der Waals surface area contributed by atoms with Gasteiger partial charge in [-0.1, -0.05) is 30.3 Å². The Morgan fingerprint density at radius 3 is 2.29 bits per heavy atom. The maximum atomic E-state index is 12.9. The quantitative estimate of drug-likeness (QED) is 0.760. The molecule has 0 saturated carbocycles. The van der Waals surface area contributed by atoms with Crippen molar-refractivity contribution in [2.75, 3.05) is 13.2 Å². The minimum atomic E-state index is -0.627. The first-order chi connectivity index (χ1) is 13.2. The molecule has 0 spiro atoms. The summed E-state index contributed by atoms with van der Waals surface area (Å²) < 4.78 is 23.5. The normalized spacial score (nSPS) is 12.0. The summed E-state index contributed by atoms with van der Waals surface area (Å²) >= 11 is 0. The van der Waals surface area contributed by atoms with Crippen molar-refractivity contribution in [1.82, 2.24) is 10.6 Å². The van der Waals surface area contributed by atoms with Crippen molar-refractivity contribution in [3.8, 4) is 5.75 Å². The number of benzene rings is 2. The van der Waals surface area contributed by atoms with Crippen LogP contribution in [0.15, 0.2) is 54.6 Å². The average Bonchev–Trinajstić information content (AvgIpc) is 2.64. The molecule has 0 saturated heterocycles. The minimum absolute atomic E-state index is 0.162. The van der Waals surface area contributed by atoms with Gasteiger partial charge >= 0.3 is 6.09 Å². The zero-order valence-electron chi connectivity index (χ0n) is 16.2. The fourth-order valence-corrected chi connectivity index (χ4v) is 2.33. The summed E-state index contributed by atoms with van der Waals surface area (Å²) in [4.78, 5) is 24.2. The molecule has 0 heterocycles. The van der Waals surface area contributed by atoms with E-state index in [-0.39, 0.29) is 24.9 Å². The van der Waals surface area contributed by atoms with E-state index in [2.05, 4.69) is 10.6 Å². The van der Waals surface area contributed by atoms with Crippen molar-refractivity contribution in [1.29, 1.82) is 0 Å². The third kappa shape index (κ3) is 7.65. The smallest absolute Gasteiger partial charge is 0.408 e. The van der Waals surface area contributed by atoms with E-state index in [4.69, 9.17) is 9.47 Å². The lowest BCUT2D eigenvalue weighted by atomic mass is 10.1. The molecule has 2 amide bonds. The lowest BCUT2D eigenvalue weighted by molar-refractivity contribution is -0.123. The van der Waals surface area contributed by atoms with Gasteiger partial charge in [0.2, 0.25) is 0 Å². The number of hydrogen-bond acceptors (Lipinski definition) is 4. The highest BCUT2D eigenvalue weighted by Crippen LogP contribution is 2.14. The number of halogens is 1. The average molecular weight is 388 g/mol. The molecule has 0 bridgehead atoms. The van der Waals surface area contributed by atoms with Crippen molar-refractivity contribution in [3.05, 3.63) is 66.0 Å². The number of nitrogens with one attached hydrogen (secondary N) is 2. The topological polar surface area (TPSA) is 76.7 Å².